The van der Waals surface area contributed by atoms with Crippen LogP contribution < -0.4 is 68.9 Å². The summed E-state index contributed by atoms with van der Waals surface area (Å²) in [6.07, 6.45) is 3.41. The monoisotopic (exact) mass is 266 g/mol. The van der Waals surface area contributed by atoms with Gasteiger partial charge in [-0.2, -0.15) is 6.42 Å². The van der Waals surface area contributed by atoms with E-state index in [1.54, 1.807) is 0 Å². The van der Waals surface area contributed by atoms with Gasteiger partial charge in [0.2, 0.25) is 0 Å². The quantitative estimate of drug-likeness (QED) is 0.667. The Balaban J connectivity index is 0.000001000. The summed E-state index contributed by atoms with van der Waals surface area (Å²) >= 11 is 0. The molecule has 0 atom stereocenters. The smallest absolute Gasteiger partial charge is 0.343 e. The minimum atomic E-state index is 0. The first kappa shape index (κ1) is 12.3. The first-order chi connectivity index (χ1) is 4.93. The fourth-order valence-corrected chi connectivity index (χ4v) is 0.974. The summed E-state index contributed by atoms with van der Waals surface area (Å²) in [6.45, 7) is 3.80. The summed E-state index contributed by atoms with van der Waals surface area (Å²) in [7, 11) is 0. The van der Waals surface area contributed by atoms with Crippen molar-refractivity contribution in [1.82, 2.24) is 0 Å². The van der Waals surface area contributed by atoms with Crippen LogP contribution in [0.4, 0.5) is 0 Å². The minimum absolute atomic E-state index is 0. The van der Waals surface area contributed by atoms with E-state index < -0.39 is 0 Å². The molecular weight excluding hydrogens is 253 g/mol. The maximum absolute atomic E-state index is 3.80. The third-order valence-corrected chi connectivity index (χ3v) is 1.56. The van der Waals surface area contributed by atoms with Gasteiger partial charge in [-0.15, -0.1) is 0 Å². The summed E-state index contributed by atoms with van der Waals surface area (Å²) in [4.78, 5) is 0. The zero-order valence-electron chi connectivity index (χ0n) is 7.22. The van der Waals surface area contributed by atoms with Crippen LogP contribution in [0.2, 0.25) is 0 Å². The van der Waals surface area contributed by atoms with E-state index in [0.717, 1.165) is 6.42 Å². The van der Waals surface area contributed by atoms with E-state index in [1.807, 2.05) is 6.07 Å². The number of hydrogen-bond donors (Lipinski definition) is 0. The molecule has 0 unspecified atom stereocenters. The van der Waals surface area contributed by atoms with Gasteiger partial charge in [0.1, 0.15) is 0 Å². The molecule has 0 aromatic heterocycles. The summed E-state index contributed by atoms with van der Waals surface area (Å²) < 4.78 is 0. The number of benzene rings is 1. The van der Waals surface area contributed by atoms with Crippen LogP contribution in [0.25, 0.3) is 0 Å². The molecule has 54 valence electrons. The SMILES string of the molecule is [CH2-]CCCc1ccccc1.[Cs+]. The van der Waals surface area contributed by atoms with Crippen molar-refractivity contribution in [2.24, 2.45) is 0 Å². The van der Waals surface area contributed by atoms with Crippen molar-refractivity contribution in [2.75, 3.05) is 0 Å². The maximum atomic E-state index is 3.80. The Bertz CT molecular complexity index is 169. The predicted molar refractivity (Wildman–Crippen MR) is 44.7 cm³/mol. The molecule has 0 aliphatic heterocycles. The second-order valence-electron chi connectivity index (χ2n) is 2.44. The van der Waals surface area contributed by atoms with Gasteiger partial charge in [0.05, 0.1) is 0 Å². The average Bonchev–Trinajstić information content (AvgIpc) is 2.03. The Morgan fingerprint density at radius 1 is 1.09 bits per heavy atom. The molecular formula is C10H13Cs. The van der Waals surface area contributed by atoms with Crippen LogP contribution in [0, 0.1) is 6.92 Å². The van der Waals surface area contributed by atoms with Gasteiger partial charge in [-0.05, 0) is 12.0 Å². The standard InChI is InChI=1S/C10H13.Cs/c1-2-3-7-10-8-5-4-6-9-10;/h4-6,8-9H,1-3,7H2;/q-1;+1. The van der Waals surface area contributed by atoms with Crippen molar-refractivity contribution in [3.05, 3.63) is 42.8 Å². The van der Waals surface area contributed by atoms with E-state index in [1.165, 1.54) is 18.4 Å². The van der Waals surface area contributed by atoms with E-state index in [4.69, 9.17) is 0 Å². The van der Waals surface area contributed by atoms with Crippen molar-refractivity contribution >= 4 is 0 Å². The molecule has 0 amide bonds. The molecule has 0 saturated heterocycles. The van der Waals surface area contributed by atoms with Crippen LogP contribution >= 0.6 is 0 Å². The molecule has 0 bridgehead atoms. The van der Waals surface area contributed by atoms with Gasteiger partial charge in [0.25, 0.3) is 0 Å². The number of rotatable bonds is 3. The summed E-state index contributed by atoms with van der Waals surface area (Å²) in [5, 5.41) is 0. The molecule has 0 fully saturated rings. The third kappa shape index (κ3) is 5.50. The third-order valence-electron chi connectivity index (χ3n) is 1.56. The predicted octanol–water partition coefficient (Wildman–Crippen LogP) is -0.153. The topological polar surface area (TPSA) is 0 Å². The van der Waals surface area contributed by atoms with Crippen molar-refractivity contribution in [3.8, 4) is 0 Å². The zero-order valence-corrected chi connectivity index (χ0v) is 13.5. The van der Waals surface area contributed by atoms with Gasteiger partial charge in [-0.25, -0.2) is 0 Å². The van der Waals surface area contributed by atoms with Crippen molar-refractivity contribution in [1.29, 1.82) is 0 Å². The first-order valence-electron chi connectivity index (χ1n) is 3.76. The molecule has 11 heavy (non-hydrogen) atoms. The molecule has 0 aliphatic rings. The molecule has 0 N–H and O–H groups in total. The van der Waals surface area contributed by atoms with Crippen LogP contribution in [-0.2, 0) is 6.42 Å². The van der Waals surface area contributed by atoms with Crippen molar-refractivity contribution < 1.29 is 68.9 Å². The van der Waals surface area contributed by atoms with Crippen LogP contribution in [-0.4, -0.2) is 0 Å². The summed E-state index contributed by atoms with van der Waals surface area (Å²) in [5.74, 6) is 0. The van der Waals surface area contributed by atoms with Crippen molar-refractivity contribution in [3.63, 3.8) is 0 Å². The molecule has 0 spiro atoms. The van der Waals surface area contributed by atoms with Gasteiger partial charge in [-0.1, -0.05) is 36.8 Å². The molecule has 1 heteroatoms. The van der Waals surface area contributed by atoms with Crippen LogP contribution in [0.3, 0.4) is 0 Å². The van der Waals surface area contributed by atoms with Crippen molar-refractivity contribution in [2.45, 2.75) is 19.3 Å². The van der Waals surface area contributed by atoms with Gasteiger partial charge >= 0.3 is 68.9 Å². The summed E-state index contributed by atoms with van der Waals surface area (Å²) in [6, 6.07) is 10.5. The number of hydrogen-bond acceptors (Lipinski definition) is 0. The summed E-state index contributed by atoms with van der Waals surface area (Å²) in [5.41, 5.74) is 1.42. The second-order valence-corrected chi connectivity index (χ2v) is 2.44. The van der Waals surface area contributed by atoms with Gasteiger partial charge in [0.15, 0.2) is 0 Å². The number of aryl methyl sites for hydroxylation is 1. The number of unbranched alkanes of at least 4 members (excludes halogenated alkanes) is 1. The molecule has 0 saturated carbocycles. The first-order valence-corrected chi connectivity index (χ1v) is 3.76. The zero-order chi connectivity index (χ0) is 7.23. The Hall–Kier alpha value is 1.27. The average molecular weight is 266 g/mol. The molecule has 0 radical (unpaired) electrons. The van der Waals surface area contributed by atoms with Gasteiger partial charge in [0, 0.05) is 0 Å². The second kappa shape index (κ2) is 7.90. The van der Waals surface area contributed by atoms with E-state index in [2.05, 4.69) is 31.2 Å². The molecule has 0 aliphatic carbocycles. The molecule has 0 nitrogen and oxygen atoms in total. The maximum Gasteiger partial charge on any atom is 1.00 e. The van der Waals surface area contributed by atoms with E-state index in [-0.39, 0.29) is 68.9 Å². The largest absolute Gasteiger partial charge is 1.00 e. The Morgan fingerprint density at radius 3 is 2.27 bits per heavy atom. The Labute approximate surface area is 128 Å². The molecule has 0 heterocycles. The van der Waals surface area contributed by atoms with E-state index in [0.29, 0.717) is 0 Å². The fraction of sp³-hybridized carbons (Fsp3) is 0.300. The molecule has 1 aromatic rings. The Kier molecular flexibility index (Phi) is 8.81. The van der Waals surface area contributed by atoms with E-state index >= 15 is 0 Å². The van der Waals surface area contributed by atoms with Crippen LogP contribution in [0.1, 0.15) is 18.4 Å². The van der Waals surface area contributed by atoms with E-state index in [9.17, 15) is 0 Å². The molecule has 1 rings (SSSR count). The fourth-order valence-electron chi connectivity index (χ4n) is 0.974. The Morgan fingerprint density at radius 2 is 1.73 bits per heavy atom. The van der Waals surface area contributed by atoms with Gasteiger partial charge < -0.3 is 6.92 Å². The van der Waals surface area contributed by atoms with Crippen LogP contribution in [0.15, 0.2) is 30.3 Å². The van der Waals surface area contributed by atoms with Gasteiger partial charge in [-0.3, -0.25) is 0 Å². The minimum Gasteiger partial charge on any atom is -0.343 e. The molecule has 1 aromatic carbocycles. The van der Waals surface area contributed by atoms with Crippen LogP contribution in [0.5, 0.6) is 0 Å². The normalized spacial score (nSPS) is 8.82.